The third-order valence-electron chi connectivity index (χ3n) is 7.71. The fourth-order valence-electron chi connectivity index (χ4n) is 5.67. The van der Waals surface area contributed by atoms with Gasteiger partial charge in [0.15, 0.2) is 0 Å². The minimum Gasteiger partial charge on any atom is -0.491 e. The van der Waals surface area contributed by atoms with Gasteiger partial charge in [-0.2, -0.15) is 0 Å². The lowest BCUT2D eigenvalue weighted by atomic mass is 9.95. The van der Waals surface area contributed by atoms with Crippen LogP contribution in [-0.4, -0.2) is 63.3 Å². The number of pyridine rings is 3. The van der Waals surface area contributed by atoms with Crippen LogP contribution in [0.2, 0.25) is 0 Å². The highest BCUT2D eigenvalue weighted by Crippen LogP contribution is 2.31. The zero-order chi connectivity index (χ0) is 26.9. The molecule has 5 aromatic rings. The van der Waals surface area contributed by atoms with Crippen LogP contribution in [0.25, 0.3) is 33.3 Å². The maximum Gasteiger partial charge on any atom is 0.138 e. The number of rotatable bonds is 7. The van der Waals surface area contributed by atoms with E-state index in [-0.39, 0.29) is 5.82 Å². The Morgan fingerprint density at radius 2 is 1.80 bits per heavy atom. The summed E-state index contributed by atoms with van der Waals surface area (Å²) in [5, 5.41) is 0.975. The van der Waals surface area contributed by atoms with Crippen LogP contribution in [-0.2, 0) is 6.42 Å². The molecule has 1 N–H and O–H groups in total. The Morgan fingerprint density at radius 1 is 0.900 bits per heavy atom. The van der Waals surface area contributed by atoms with Gasteiger partial charge in [0.1, 0.15) is 18.2 Å². The molecule has 1 fully saturated rings. The van der Waals surface area contributed by atoms with Crippen molar-refractivity contribution >= 4 is 16.6 Å². The summed E-state index contributed by atoms with van der Waals surface area (Å²) < 4.78 is 20.0. The molecule has 1 aromatic carbocycles. The average Bonchev–Trinajstić information content (AvgIpc) is 3.67. The van der Waals surface area contributed by atoms with E-state index in [2.05, 4.69) is 32.0 Å². The number of fused-ring (bicyclic) bond motifs is 2. The highest BCUT2D eigenvalue weighted by Gasteiger charge is 2.21. The first-order chi connectivity index (χ1) is 19.7. The highest BCUT2D eigenvalue weighted by atomic mass is 19.1. The molecule has 4 aromatic heterocycles. The van der Waals surface area contributed by atoms with Gasteiger partial charge in [-0.25, -0.2) is 4.39 Å². The Kier molecular flexibility index (Phi) is 6.53. The van der Waals surface area contributed by atoms with Crippen LogP contribution >= 0.6 is 0 Å². The normalized spacial score (nSPS) is 15.3. The summed E-state index contributed by atoms with van der Waals surface area (Å²) in [6.07, 6.45) is 12.5. The van der Waals surface area contributed by atoms with Crippen LogP contribution < -0.4 is 4.74 Å². The first kappa shape index (κ1) is 24.6. The zero-order valence-electron chi connectivity index (χ0n) is 22.1. The van der Waals surface area contributed by atoms with Crippen molar-refractivity contribution in [1.29, 1.82) is 0 Å². The number of aromatic amines is 1. The zero-order valence-corrected chi connectivity index (χ0v) is 22.1. The largest absolute Gasteiger partial charge is 0.491 e. The van der Waals surface area contributed by atoms with Crippen molar-refractivity contribution in [3.63, 3.8) is 0 Å². The predicted molar refractivity (Wildman–Crippen MR) is 154 cm³/mol. The molecule has 2 aliphatic heterocycles. The Bertz CT molecular complexity index is 1720. The SMILES string of the molecule is Fc1cccc(-c2cncc3[nH]c(C4=NCCc5cnc(-c6cncc(OCCN7CCCC7)c6)cc54)cc23)c1. The molecule has 1 saturated heterocycles. The quantitative estimate of drug-likeness (QED) is 0.291. The lowest BCUT2D eigenvalue weighted by molar-refractivity contribution is 0.237. The molecule has 6 heterocycles. The maximum absolute atomic E-state index is 14.0. The number of halogens is 1. The van der Waals surface area contributed by atoms with Crippen molar-refractivity contribution < 1.29 is 9.13 Å². The molecule has 0 atom stereocenters. The highest BCUT2D eigenvalue weighted by molar-refractivity contribution is 6.16. The maximum atomic E-state index is 14.0. The van der Waals surface area contributed by atoms with Crippen LogP contribution in [0.3, 0.4) is 0 Å². The van der Waals surface area contributed by atoms with Crippen LogP contribution in [0, 0.1) is 5.82 Å². The van der Waals surface area contributed by atoms with Crippen molar-refractivity contribution in [3.8, 4) is 28.1 Å². The molecule has 2 aliphatic rings. The minimum atomic E-state index is -0.272. The van der Waals surface area contributed by atoms with Gasteiger partial charge in [0.2, 0.25) is 0 Å². The number of benzene rings is 1. The second-order valence-corrected chi connectivity index (χ2v) is 10.4. The van der Waals surface area contributed by atoms with Crippen molar-refractivity contribution in [3.05, 3.63) is 96.1 Å². The minimum absolute atomic E-state index is 0.272. The lowest BCUT2D eigenvalue weighted by Crippen LogP contribution is -2.25. The molecular weight excluding hydrogens is 503 g/mol. The fraction of sp³-hybridized carbons (Fsp3) is 0.250. The second kappa shape index (κ2) is 10.6. The van der Waals surface area contributed by atoms with Gasteiger partial charge in [0.25, 0.3) is 0 Å². The number of H-pyrrole nitrogens is 1. The summed E-state index contributed by atoms with van der Waals surface area (Å²) in [4.78, 5) is 24.4. The Balaban J connectivity index is 1.19. The first-order valence-electron chi connectivity index (χ1n) is 13.8. The molecule has 7 nitrogen and oxygen atoms in total. The van der Waals surface area contributed by atoms with Gasteiger partial charge in [0, 0.05) is 53.8 Å². The molecule has 40 heavy (non-hydrogen) atoms. The third-order valence-corrected chi connectivity index (χ3v) is 7.71. The smallest absolute Gasteiger partial charge is 0.138 e. The molecule has 0 spiro atoms. The van der Waals surface area contributed by atoms with Crippen LogP contribution in [0.1, 0.15) is 29.7 Å². The van der Waals surface area contributed by atoms with Gasteiger partial charge >= 0.3 is 0 Å². The second-order valence-electron chi connectivity index (χ2n) is 10.4. The van der Waals surface area contributed by atoms with Gasteiger partial charge in [-0.1, -0.05) is 12.1 Å². The number of aromatic nitrogens is 4. The number of ether oxygens (including phenoxy) is 1. The van der Waals surface area contributed by atoms with E-state index >= 15 is 0 Å². The van der Waals surface area contributed by atoms with Gasteiger partial charge in [-0.15, -0.1) is 0 Å². The number of aliphatic imine (C=N–C) groups is 1. The number of hydrogen-bond donors (Lipinski definition) is 1. The molecule has 0 amide bonds. The molecule has 8 heteroatoms. The number of hydrogen-bond acceptors (Lipinski definition) is 6. The number of nitrogens with zero attached hydrogens (tertiary/aromatic N) is 5. The lowest BCUT2D eigenvalue weighted by Gasteiger charge is -2.17. The van der Waals surface area contributed by atoms with Crippen molar-refractivity contribution in [1.82, 2.24) is 24.8 Å². The Labute approximate surface area is 231 Å². The number of likely N-dealkylation sites (tertiary alicyclic amines) is 1. The third kappa shape index (κ3) is 4.86. The van der Waals surface area contributed by atoms with E-state index in [1.54, 1.807) is 24.7 Å². The average molecular weight is 533 g/mol. The molecule has 0 radical (unpaired) electrons. The summed E-state index contributed by atoms with van der Waals surface area (Å²) in [6.45, 7) is 4.58. The number of nitrogens with one attached hydrogen (secondary N) is 1. The van der Waals surface area contributed by atoms with Gasteiger partial charge < -0.3 is 9.72 Å². The molecule has 0 saturated carbocycles. The predicted octanol–water partition coefficient (Wildman–Crippen LogP) is 5.69. The van der Waals surface area contributed by atoms with E-state index in [4.69, 9.17) is 14.7 Å². The monoisotopic (exact) mass is 532 g/mol. The van der Waals surface area contributed by atoms with E-state index < -0.39 is 0 Å². The van der Waals surface area contributed by atoms with E-state index in [0.29, 0.717) is 13.2 Å². The summed E-state index contributed by atoms with van der Waals surface area (Å²) in [7, 11) is 0. The molecule has 200 valence electrons. The van der Waals surface area contributed by atoms with E-state index in [1.165, 1.54) is 25.0 Å². The van der Waals surface area contributed by atoms with Crippen molar-refractivity contribution in [2.24, 2.45) is 4.99 Å². The summed E-state index contributed by atoms with van der Waals surface area (Å²) >= 11 is 0. The van der Waals surface area contributed by atoms with Gasteiger partial charge in [0.05, 0.1) is 35.0 Å². The van der Waals surface area contributed by atoms with Crippen molar-refractivity contribution in [2.75, 3.05) is 32.8 Å². The molecular formula is C32H29FN6O. The topological polar surface area (TPSA) is 79.3 Å². The summed E-state index contributed by atoms with van der Waals surface area (Å²) in [5.41, 5.74) is 8.25. The van der Waals surface area contributed by atoms with Crippen LogP contribution in [0.5, 0.6) is 5.75 Å². The van der Waals surface area contributed by atoms with Crippen LogP contribution in [0.15, 0.2) is 78.4 Å². The molecule has 0 unspecified atom stereocenters. The van der Waals surface area contributed by atoms with Gasteiger partial charge in [-0.05, 0) is 73.8 Å². The summed E-state index contributed by atoms with van der Waals surface area (Å²) in [5.74, 6) is 0.476. The first-order valence-corrected chi connectivity index (χ1v) is 13.8. The standard InChI is InChI=1S/C32H29FN6O/c33-24-5-3-4-21(12-24)28-19-35-20-31-27(28)15-30(38-31)32-26-14-29(37-17-22(26)6-7-36-32)23-13-25(18-34-16-23)40-11-10-39-8-1-2-9-39/h3-5,12-20,38H,1-2,6-11H2. The Morgan fingerprint density at radius 3 is 2.70 bits per heavy atom. The molecule has 0 bridgehead atoms. The molecule has 0 aliphatic carbocycles. The Hall–Kier alpha value is -4.43. The van der Waals surface area contributed by atoms with E-state index in [1.807, 2.05) is 24.5 Å². The van der Waals surface area contributed by atoms with Crippen LogP contribution in [0.4, 0.5) is 4.39 Å². The molecule has 7 rings (SSSR count). The summed E-state index contributed by atoms with van der Waals surface area (Å²) in [6, 6.07) is 12.8. The fourth-order valence-corrected chi connectivity index (χ4v) is 5.67. The van der Waals surface area contributed by atoms with Crippen molar-refractivity contribution in [2.45, 2.75) is 19.3 Å². The van der Waals surface area contributed by atoms with E-state index in [9.17, 15) is 4.39 Å². The van der Waals surface area contributed by atoms with E-state index in [0.717, 1.165) is 87.6 Å². The van der Waals surface area contributed by atoms with Gasteiger partial charge in [-0.3, -0.25) is 24.8 Å².